The van der Waals surface area contributed by atoms with Crippen LogP contribution in [0.15, 0.2) is 41.3 Å². The minimum absolute atomic E-state index is 0.0269. The Bertz CT molecular complexity index is 1050. The summed E-state index contributed by atoms with van der Waals surface area (Å²) in [4.78, 5) is 40.0. The molecular weight excluding hydrogens is 438 g/mol. The van der Waals surface area contributed by atoms with Gasteiger partial charge in [-0.3, -0.25) is 9.59 Å². The Kier molecular flexibility index (Phi) is 7.22. The fourth-order valence-electron chi connectivity index (χ4n) is 4.29. The number of benzene rings is 2. The van der Waals surface area contributed by atoms with Gasteiger partial charge in [0.05, 0.1) is 0 Å². The van der Waals surface area contributed by atoms with E-state index in [0.717, 1.165) is 21.6 Å². The lowest BCUT2D eigenvalue weighted by Crippen LogP contribution is -2.38. The fourth-order valence-corrected chi connectivity index (χ4v) is 4.70. The number of ether oxygens (including phenoxy) is 1. The van der Waals surface area contributed by atoms with Gasteiger partial charge in [0, 0.05) is 42.3 Å². The summed E-state index contributed by atoms with van der Waals surface area (Å²) in [5.41, 5.74) is 1.84. The number of Topliss-reactive ketones (excluding diaryl/α,β-unsaturated/α-hetero) is 1. The molecule has 0 radical (unpaired) electrons. The molecule has 2 aromatic rings. The van der Waals surface area contributed by atoms with Gasteiger partial charge in [0.15, 0.2) is 11.4 Å². The van der Waals surface area contributed by atoms with E-state index in [0.29, 0.717) is 24.4 Å². The van der Waals surface area contributed by atoms with E-state index in [1.54, 1.807) is 16.7 Å². The largest absolute Gasteiger partial charge is 0.478 e. The van der Waals surface area contributed by atoms with Crippen LogP contribution in [0.25, 0.3) is 0 Å². The third-order valence-corrected chi connectivity index (χ3v) is 7.00. The van der Waals surface area contributed by atoms with Crippen LogP contribution in [0.1, 0.15) is 53.7 Å². The maximum Gasteiger partial charge on any atom is 0.347 e. The highest BCUT2D eigenvalue weighted by Crippen LogP contribution is 2.39. The number of rotatable bonds is 7. The van der Waals surface area contributed by atoms with Crippen LogP contribution in [0.4, 0.5) is 0 Å². The van der Waals surface area contributed by atoms with Gasteiger partial charge in [0.2, 0.25) is 5.91 Å². The number of aryl methyl sites for hydroxylation is 2. The summed E-state index contributed by atoms with van der Waals surface area (Å²) >= 11 is 1.62. The van der Waals surface area contributed by atoms with Crippen molar-refractivity contribution in [1.82, 2.24) is 4.90 Å². The van der Waals surface area contributed by atoms with E-state index < -0.39 is 11.6 Å². The molecule has 176 valence electrons. The molecule has 0 saturated carbocycles. The lowest BCUT2D eigenvalue weighted by atomic mass is 9.82. The minimum atomic E-state index is -1.36. The molecule has 0 unspecified atom stereocenters. The highest BCUT2D eigenvalue weighted by Gasteiger charge is 2.40. The maximum atomic E-state index is 13.5. The number of hydrogen-bond donors (Lipinski definition) is 1. The average molecular weight is 470 g/mol. The molecule has 0 spiro atoms. The molecule has 2 atom stereocenters. The number of carboxylic acid groups (broad SMARTS) is 1. The van der Waals surface area contributed by atoms with E-state index in [1.807, 2.05) is 56.5 Å². The number of carbonyl (C=O) groups is 3. The first-order valence-electron chi connectivity index (χ1n) is 10.9. The van der Waals surface area contributed by atoms with Crippen molar-refractivity contribution in [2.45, 2.75) is 51.0 Å². The van der Waals surface area contributed by atoms with Gasteiger partial charge in [-0.05, 0) is 62.8 Å². The molecule has 1 aliphatic rings. The molecule has 1 amide bonds. The van der Waals surface area contributed by atoms with E-state index in [9.17, 15) is 19.5 Å². The first-order valence-corrected chi connectivity index (χ1v) is 12.1. The Morgan fingerprint density at radius 1 is 1.06 bits per heavy atom. The van der Waals surface area contributed by atoms with Crippen molar-refractivity contribution in [3.8, 4) is 5.75 Å². The zero-order valence-corrected chi connectivity index (χ0v) is 20.8. The van der Waals surface area contributed by atoms with Crippen molar-refractivity contribution in [1.29, 1.82) is 0 Å². The van der Waals surface area contributed by atoms with Gasteiger partial charge >= 0.3 is 5.97 Å². The summed E-state index contributed by atoms with van der Waals surface area (Å²) in [6.07, 6.45) is 1.99. The van der Waals surface area contributed by atoms with E-state index >= 15 is 0 Å². The molecule has 6 nitrogen and oxygen atoms in total. The topological polar surface area (TPSA) is 83.9 Å². The normalized spacial score (nSPS) is 18.3. The molecule has 33 heavy (non-hydrogen) atoms. The van der Waals surface area contributed by atoms with E-state index in [4.69, 9.17) is 4.74 Å². The molecular formula is C26H31NO5S. The summed E-state index contributed by atoms with van der Waals surface area (Å²) in [7, 11) is 0. The number of aliphatic carboxylic acids is 1. The van der Waals surface area contributed by atoms with Gasteiger partial charge in [0.1, 0.15) is 5.75 Å². The second kappa shape index (κ2) is 9.59. The van der Waals surface area contributed by atoms with Crippen molar-refractivity contribution in [2.75, 3.05) is 19.3 Å². The number of nitrogens with zero attached hydrogens (tertiary/aromatic N) is 1. The van der Waals surface area contributed by atoms with Crippen LogP contribution in [0.3, 0.4) is 0 Å². The van der Waals surface area contributed by atoms with Gasteiger partial charge < -0.3 is 14.7 Å². The van der Waals surface area contributed by atoms with Crippen molar-refractivity contribution in [3.05, 3.63) is 58.7 Å². The van der Waals surface area contributed by atoms with Crippen LogP contribution in [0, 0.1) is 19.8 Å². The molecule has 3 rings (SSSR count). The lowest BCUT2D eigenvalue weighted by molar-refractivity contribution is -0.152. The first-order chi connectivity index (χ1) is 15.4. The molecule has 0 bridgehead atoms. The summed E-state index contributed by atoms with van der Waals surface area (Å²) in [6.45, 7) is 9.15. The predicted octanol–water partition coefficient (Wildman–Crippen LogP) is 4.71. The Balaban J connectivity index is 1.96. The lowest BCUT2D eigenvalue weighted by Gasteiger charge is -2.26. The van der Waals surface area contributed by atoms with E-state index in [-0.39, 0.29) is 23.5 Å². The van der Waals surface area contributed by atoms with Crippen LogP contribution in [0.2, 0.25) is 0 Å². The van der Waals surface area contributed by atoms with Gasteiger partial charge in [-0.25, -0.2) is 4.79 Å². The molecule has 1 heterocycles. The molecule has 0 aromatic heterocycles. The number of carbonyl (C=O) groups excluding carboxylic acids is 2. The van der Waals surface area contributed by atoms with Crippen LogP contribution >= 0.6 is 11.8 Å². The van der Waals surface area contributed by atoms with Gasteiger partial charge in [-0.15, -0.1) is 11.8 Å². The van der Waals surface area contributed by atoms with Crippen LogP contribution in [-0.4, -0.2) is 52.6 Å². The highest BCUT2D eigenvalue weighted by molar-refractivity contribution is 7.98. The highest BCUT2D eigenvalue weighted by atomic mass is 32.2. The van der Waals surface area contributed by atoms with Crippen LogP contribution in [0.5, 0.6) is 5.75 Å². The number of likely N-dealkylation sites (tertiary alicyclic amines) is 1. The maximum absolute atomic E-state index is 13.5. The van der Waals surface area contributed by atoms with Gasteiger partial charge in [-0.1, -0.05) is 24.3 Å². The standard InChI is InChI=1S/C26H31NO5S/c1-15-11-19(12-16(2)24(15)32-26(4,5)25(30)31)21-13-27(17(3)28)14-22(21)23(29)18-7-9-20(33-6)10-8-18/h7-12,21-22H,13-14H2,1-6H3,(H,30,31)/t21-,22-/m0/s1. The number of amides is 1. The summed E-state index contributed by atoms with van der Waals surface area (Å²) in [5, 5.41) is 9.43. The SMILES string of the molecule is CSc1ccc(C(=O)[C@H]2CN(C(C)=O)C[C@H]2c2cc(C)c(OC(C)(C)C(=O)O)c(C)c2)cc1. The third-order valence-electron chi connectivity index (χ3n) is 6.26. The molecule has 1 N–H and O–H groups in total. The quantitative estimate of drug-likeness (QED) is 0.467. The Labute approximate surface area is 199 Å². The second-order valence-electron chi connectivity index (χ2n) is 9.13. The summed E-state index contributed by atoms with van der Waals surface area (Å²) in [6, 6.07) is 11.5. The Hall–Kier alpha value is -2.80. The Morgan fingerprint density at radius 3 is 2.12 bits per heavy atom. The predicted molar refractivity (Wildman–Crippen MR) is 129 cm³/mol. The average Bonchev–Trinajstić information content (AvgIpc) is 3.21. The number of thioether (sulfide) groups is 1. The summed E-state index contributed by atoms with van der Waals surface area (Å²) in [5.74, 6) is -1.04. The molecule has 2 aromatic carbocycles. The minimum Gasteiger partial charge on any atom is -0.478 e. The molecule has 1 aliphatic heterocycles. The first kappa shape index (κ1) is 24.8. The second-order valence-corrected chi connectivity index (χ2v) is 10.0. The van der Waals surface area contributed by atoms with E-state index in [1.165, 1.54) is 20.8 Å². The van der Waals surface area contributed by atoms with Crippen molar-refractivity contribution >= 4 is 29.4 Å². The fraction of sp³-hybridized carbons (Fsp3) is 0.423. The number of hydrogen-bond acceptors (Lipinski definition) is 5. The monoisotopic (exact) mass is 469 g/mol. The molecule has 1 fully saturated rings. The van der Waals surface area contributed by atoms with Crippen molar-refractivity contribution < 1.29 is 24.2 Å². The number of carboxylic acids is 1. The van der Waals surface area contributed by atoms with Gasteiger partial charge in [0.25, 0.3) is 0 Å². The molecule has 1 saturated heterocycles. The smallest absolute Gasteiger partial charge is 0.347 e. The summed E-state index contributed by atoms with van der Waals surface area (Å²) < 4.78 is 5.83. The third kappa shape index (κ3) is 5.24. The van der Waals surface area contributed by atoms with Gasteiger partial charge in [-0.2, -0.15) is 0 Å². The zero-order valence-electron chi connectivity index (χ0n) is 20.0. The molecule has 7 heteroatoms. The van der Waals surface area contributed by atoms with E-state index in [2.05, 4.69) is 0 Å². The van der Waals surface area contributed by atoms with Crippen LogP contribution < -0.4 is 4.74 Å². The zero-order chi connectivity index (χ0) is 24.5. The Morgan fingerprint density at radius 2 is 1.64 bits per heavy atom. The van der Waals surface area contributed by atoms with Crippen molar-refractivity contribution in [3.63, 3.8) is 0 Å². The van der Waals surface area contributed by atoms with Crippen molar-refractivity contribution in [2.24, 2.45) is 5.92 Å². The van der Waals surface area contributed by atoms with Crippen LogP contribution in [-0.2, 0) is 9.59 Å². The molecule has 0 aliphatic carbocycles. The number of ketones is 1.